The van der Waals surface area contributed by atoms with Crippen molar-refractivity contribution in [1.29, 1.82) is 0 Å². The Morgan fingerprint density at radius 3 is 2.52 bits per heavy atom. The number of hydrogen-bond donors (Lipinski definition) is 1. The molecular weight excluding hydrogens is 260 g/mol. The normalized spacial score (nSPS) is 12.3. The van der Waals surface area contributed by atoms with Crippen LogP contribution in [0.15, 0.2) is 60.8 Å². The molecule has 106 valence electrons. The van der Waals surface area contributed by atoms with Gasteiger partial charge in [-0.25, -0.2) is 0 Å². The largest absolute Gasteiger partial charge is 0.329 e. The molecule has 0 fully saturated rings. The molecule has 0 saturated heterocycles. The van der Waals surface area contributed by atoms with Crippen molar-refractivity contribution in [3.63, 3.8) is 0 Å². The molecule has 2 N–H and O–H groups in total. The van der Waals surface area contributed by atoms with Crippen LogP contribution in [0, 0.1) is 0 Å². The SMILES string of the molecule is Cn1nc(-c2ccccc2)cc1C(CN)c1ccccn1. The fraction of sp³-hybridized carbons (Fsp3) is 0.176. The van der Waals surface area contributed by atoms with Gasteiger partial charge >= 0.3 is 0 Å². The summed E-state index contributed by atoms with van der Waals surface area (Å²) >= 11 is 0. The van der Waals surface area contributed by atoms with Gasteiger partial charge in [-0.05, 0) is 18.2 Å². The van der Waals surface area contributed by atoms with Crippen molar-refractivity contribution < 1.29 is 0 Å². The van der Waals surface area contributed by atoms with E-state index in [9.17, 15) is 0 Å². The maximum absolute atomic E-state index is 5.97. The number of nitrogens with two attached hydrogens (primary N) is 1. The first-order valence-electron chi connectivity index (χ1n) is 7.00. The van der Waals surface area contributed by atoms with Crippen molar-refractivity contribution in [2.24, 2.45) is 12.8 Å². The van der Waals surface area contributed by atoms with E-state index < -0.39 is 0 Å². The number of pyridine rings is 1. The molecule has 4 nitrogen and oxygen atoms in total. The van der Waals surface area contributed by atoms with Crippen LogP contribution in [0.3, 0.4) is 0 Å². The highest BCUT2D eigenvalue weighted by molar-refractivity contribution is 5.59. The third kappa shape index (κ3) is 2.71. The number of aryl methyl sites for hydroxylation is 1. The van der Waals surface area contributed by atoms with E-state index in [1.54, 1.807) is 6.20 Å². The molecule has 2 heterocycles. The molecule has 0 amide bonds. The summed E-state index contributed by atoms with van der Waals surface area (Å²) in [6, 6.07) is 18.2. The minimum atomic E-state index is 0.0566. The second kappa shape index (κ2) is 5.89. The summed E-state index contributed by atoms with van der Waals surface area (Å²) in [5.74, 6) is 0.0566. The summed E-state index contributed by atoms with van der Waals surface area (Å²) in [6.45, 7) is 0.505. The number of aromatic nitrogens is 3. The van der Waals surface area contributed by atoms with Gasteiger partial charge in [-0.1, -0.05) is 36.4 Å². The Labute approximate surface area is 124 Å². The monoisotopic (exact) mass is 278 g/mol. The highest BCUT2D eigenvalue weighted by Crippen LogP contribution is 2.26. The molecule has 0 aliphatic heterocycles. The summed E-state index contributed by atoms with van der Waals surface area (Å²) in [4.78, 5) is 4.43. The second-order valence-corrected chi connectivity index (χ2v) is 4.99. The van der Waals surface area contributed by atoms with Crippen LogP contribution in [-0.4, -0.2) is 21.3 Å². The Bertz CT molecular complexity index is 704. The predicted molar refractivity (Wildman–Crippen MR) is 83.8 cm³/mol. The Kier molecular flexibility index (Phi) is 3.79. The van der Waals surface area contributed by atoms with E-state index in [-0.39, 0.29) is 5.92 Å². The first kappa shape index (κ1) is 13.5. The lowest BCUT2D eigenvalue weighted by molar-refractivity contribution is 0.655. The molecule has 0 saturated carbocycles. The third-order valence-electron chi connectivity index (χ3n) is 3.62. The average molecular weight is 278 g/mol. The van der Waals surface area contributed by atoms with Gasteiger partial charge in [0, 0.05) is 31.0 Å². The van der Waals surface area contributed by atoms with E-state index in [1.807, 2.05) is 48.1 Å². The lowest BCUT2D eigenvalue weighted by Crippen LogP contribution is -2.18. The van der Waals surface area contributed by atoms with Gasteiger partial charge in [0.1, 0.15) is 0 Å². The topological polar surface area (TPSA) is 56.7 Å². The molecule has 3 rings (SSSR count). The van der Waals surface area contributed by atoms with Crippen LogP contribution < -0.4 is 5.73 Å². The van der Waals surface area contributed by atoms with Gasteiger partial charge in [0.05, 0.1) is 17.3 Å². The minimum absolute atomic E-state index is 0.0566. The van der Waals surface area contributed by atoms with Crippen molar-refractivity contribution in [3.8, 4) is 11.3 Å². The van der Waals surface area contributed by atoms with Crippen LogP contribution >= 0.6 is 0 Å². The van der Waals surface area contributed by atoms with Gasteiger partial charge in [0.25, 0.3) is 0 Å². The van der Waals surface area contributed by atoms with Crippen LogP contribution in [0.5, 0.6) is 0 Å². The van der Waals surface area contributed by atoms with Gasteiger partial charge in [0.15, 0.2) is 0 Å². The Balaban J connectivity index is 2.01. The van der Waals surface area contributed by atoms with Crippen molar-refractivity contribution in [2.75, 3.05) is 6.54 Å². The summed E-state index contributed by atoms with van der Waals surface area (Å²) in [5.41, 5.74) is 10.1. The van der Waals surface area contributed by atoms with Crippen molar-refractivity contribution in [3.05, 3.63) is 72.2 Å². The Hall–Kier alpha value is -2.46. The summed E-state index contributed by atoms with van der Waals surface area (Å²) in [7, 11) is 1.95. The zero-order valence-corrected chi connectivity index (χ0v) is 12.0. The molecule has 0 bridgehead atoms. The second-order valence-electron chi connectivity index (χ2n) is 4.99. The van der Waals surface area contributed by atoms with Crippen molar-refractivity contribution >= 4 is 0 Å². The van der Waals surface area contributed by atoms with E-state index in [1.165, 1.54) is 0 Å². The van der Waals surface area contributed by atoms with Gasteiger partial charge in [0.2, 0.25) is 0 Å². The van der Waals surface area contributed by atoms with E-state index in [0.29, 0.717) is 6.54 Å². The van der Waals surface area contributed by atoms with Crippen LogP contribution in [0.4, 0.5) is 0 Å². The van der Waals surface area contributed by atoms with Gasteiger partial charge in [-0.2, -0.15) is 5.10 Å². The smallest absolute Gasteiger partial charge is 0.0926 e. The zero-order chi connectivity index (χ0) is 14.7. The highest BCUT2D eigenvalue weighted by atomic mass is 15.3. The maximum atomic E-state index is 5.97. The first-order valence-corrected chi connectivity index (χ1v) is 7.00. The number of benzene rings is 1. The van der Waals surface area contributed by atoms with Gasteiger partial charge in [-0.3, -0.25) is 9.67 Å². The van der Waals surface area contributed by atoms with E-state index in [4.69, 9.17) is 5.73 Å². The number of rotatable bonds is 4. The molecule has 0 aliphatic rings. The van der Waals surface area contributed by atoms with Crippen molar-refractivity contribution in [2.45, 2.75) is 5.92 Å². The van der Waals surface area contributed by atoms with Gasteiger partial charge < -0.3 is 5.73 Å². The van der Waals surface area contributed by atoms with Crippen LogP contribution in [0.1, 0.15) is 17.3 Å². The number of hydrogen-bond acceptors (Lipinski definition) is 3. The van der Waals surface area contributed by atoms with E-state index in [2.05, 4.69) is 28.3 Å². The molecule has 0 aliphatic carbocycles. The molecule has 21 heavy (non-hydrogen) atoms. The standard InChI is InChI=1S/C17H18N4/c1-21-17(14(12-18)15-9-5-6-10-19-15)11-16(20-21)13-7-3-2-4-8-13/h2-11,14H,12,18H2,1H3. The first-order chi connectivity index (χ1) is 10.3. The van der Waals surface area contributed by atoms with Gasteiger partial charge in [-0.15, -0.1) is 0 Å². The summed E-state index contributed by atoms with van der Waals surface area (Å²) in [6.07, 6.45) is 1.80. The molecule has 4 heteroatoms. The zero-order valence-electron chi connectivity index (χ0n) is 12.0. The Morgan fingerprint density at radius 2 is 1.86 bits per heavy atom. The van der Waals surface area contributed by atoms with Crippen LogP contribution in [0.2, 0.25) is 0 Å². The molecule has 1 atom stereocenters. The fourth-order valence-corrected chi connectivity index (χ4v) is 2.53. The molecule has 0 spiro atoms. The maximum Gasteiger partial charge on any atom is 0.0926 e. The molecule has 1 aromatic carbocycles. The minimum Gasteiger partial charge on any atom is -0.329 e. The quantitative estimate of drug-likeness (QED) is 0.798. The summed E-state index contributed by atoms with van der Waals surface area (Å²) in [5, 5.41) is 4.61. The molecule has 1 unspecified atom stereocenters. The third-order valence-corrected chi connectivity index (χ3v) is 3.62. The summed E-state index contributed by atoms with van der Waals surface area (Å²) < 4.78 is 1.90. The average Bonchev–Trinajstić information content (AvgIpc) is 2.92. The molecule has 3 aromatic rings. The molecule has 0 radical (unpaired) electrons. The fourth-order valence-electron chi connectivity index (χ4n) is 2.53. The lowest BCUT2D eigenvalue weighted by Gasteiger charge is -2.14. The lowest BCUT2D eigenvalue weighted by atomic mass is 9.99. The van der Waals surface area contributed by atoms with E-state index >= 15 is 0 Å². The molecular formula is C17H18N4. The Morgan fingerprint density at radius 1 is 1.10 bits per heavy atom. The predicted octanol–water partition coefficient (Wildman–Crippen LogP) is 2.57. The van der Waals surface area contributed by atoms with Crippen molar-refractivity contribution in [1.82, 2.24) is 14.8 Å². The molecule has 2 aromatic heterocycles. The van der Waals surface area contributed by atoms with E-state index in [0.717, 1.165) is 22.6 Å². The highest BCUT2D eigenvalue weighted by Gasteiger charge is 2.19. The van der Waals surface area contributed by atoms with Crippen LogP contribution in [0.25, 0.3) is 11.3 Å². The number of nitrogens with zero attached hydrogens (tertiary/aromatic N) is 3. The van der Waals surface area contributed by atoms with Crippen LogP contribution in [-0.2, 0) is 7.05 Å².